The zero-order valence-electron chi connectivity index (χ0n) is 15.4. The van der Waals surface area contributed by atoms with Crippen LogP contribution in [0.25, 0.3) is 10.9 Å². The van der Waals surface area contributed by atoms with Gasteiger partial charge in [-0.05, 0) is 50.8 Å². The second kappa shape index (κ2) is 8.01. The number of hydrogen-bond acceptors (Lipinski definition) is 4. The highest BCUT2D eigenvalue weighted by molar-refractivity contribution is 7.99. The molecule has 0 aliphatic carbocycles. The number of aromatic nitrogens is 2. The molecule has 0 spiro atoms. The van der Waals surface area contributed by atoms with Gasteiger partial charge in [0.05, 0.1) is 16.7 Å². The molecule has 0 radical (unpaired) electrons. The van der Waals surface area contributed by atoms with E-state index >= 15 is 0 Å². The molecule has 5 nitrogen and oxygen atoms in total. The van der Waals surface area contributed by atoms with Gasteiger partial charge in [0.1, 0.15) is 0 Å². The van der Waals surface area contributed by atoms with E-state index in [-0.39, 0.29) is 23.3 Å². The Hall–Kier alpha value is -1.53. The molecule has 3 rings (SSSR count). The Labute approximate surface area is 162 Å². The average Bonchev–Trinajstić information content (AvgIpc) is 2.59. The maximum Gasteiger partial charge on any atom is 0.262 e. The van der Waals surface area contributed by atoms with Gasteiger partial charge in [-0.1, -0.05) is 30.3 Å². The van der Waals surface area contributed by atoms with Crippen molar-refractivity contribution in [3.8, 4) is 0 Å². The van der Waals surface area contributed by atoms with Crippen LogP contribution in [0, 0.1) is 5.92 Å². The summed E-state index contributed by atoms with van der Waals surface area (Å²) in [4.78, 5) is 32.0. The van der Waals surface area contributed by atoms with Crippen LogP contribution in [0.5, 0.6) is 0 Å². The lowest BCUT2D eigenvalue weighted by atomic mass is 10.0. The van der Waals surface area contributed by atoms with Crippen molar-refractivity contribution in [1.82, 2.24) is 14.5 Å². The molecule has 1 saturated heterocycles. The first-order chi connectivity index (χ1) is 12.4. The van der Waals surface area contributed by atoms with Crippen molar-refractivity contribution >= 4 is 40.2 Å². The van der Waals surface area contributed by atoms with Crippen LogP contribution in [0.1, 0.15) is 39.7 Å². The van der Waals surface area contributed by atoms with E-state index in [2.05, 4.69) is 11.9 Å². The van der Waals surface area contributed by atoms with Crippen molar-refractivity contribution in [2.24, 2.45) is 5.92 Å². The number of fused-ring (bicyclic) bond motifs is 1. The van der Waals surface area contributed by atoms with Gasteiger partial charge in [0.2, 0.25) is 5.91 Å². The minimum absolute atomic E-state index is 0.0392. The second-order valence-electron chi connectivity index (χ2n) is 7.20. The maximum atomic E-state index is 12.9. The van der Waals surface area contributed by atoms with Crippen LogP contribution in [0.15, 0.2) is 28.2 Å². The van der Waals surface area contributed by atoms with Gasteiger partial charge in [0.25, 0.3) is 5.56 Å². The molecule has 0 N–H and O–H groups in total. The molecule has 1 aromatic heterocycles. The van der Waals surface area contributed by atoms with Crippen molar-refractivity contribution in [3.05, 3.63) is 33.6 Å². The van der Waals surface area contributed by atoms with E-state index in [0.717, 1.165) is 19.5 Å². The molecule has 0 unspecified atom stereocenters. The van der Waals surface area contributed by atoms with Crippen LogP contribution < -0.4 is 5.56 Å². The van der Waals surface area contributed by atoms with E-state index in [1.54, 1.807) is 22.8 Å². The van der Waals surface area contributed by atoms with Gasteiger partial charge < -0.3 is 4.90 Å². The summed E-state index contributed by atoms with van der Waals surface area (Å²) >= 11 is 7.38. The number of nitrogens with zero attached hydrogens (tertiary/aromatic N) is 3. The standard InChI is InChI=1S/C19H24ClN3O2S/c1-12(2)23-18(25)15-7-6-14(20)9-16(15)21-19(23)26-11-17(24)22-8-4-5-13(3)10-22/h6-7,9,12-13H,4-5,8,10-11H2,1-3H3/t13-/m0/s1. The summed E-state index contributed by atoms with van der Waals surface area (Å²) in [6.45, 7) is 7.71. The normalized spacial score (nSPS) is 17.9. The fourth-order valence-electron chi connectivity index (χ4n) is 3.34. The van der Waals surface area contributed by atoms with E-state index in [1.165, 1.54) is 18.2 Å². The SMILES string of the molecule is CC(C)n1c(SCC(=O)N2CCC[C@H](C)C2)nc2cc(Cl)ccc2c1=O. The topological polar surface area (TPSA) is 55.2 Å². The van der Waals surface area contributed by atoms with Crippen LogP contribution in [-0.4, -0.2) is 39.2 Å². The number of piperidine rings is 1. The number of thioether (sulfide) groups is 1. The number of carbonyl (C=O) groups excluding carboxylic acids is 1. The Bertz CT molecular complexity index is 881. The zero-order valence-corrected chi connectivity index (χ0v) is 16.9. The zero-order chi connectivity index (χ0) is 18.8. The highest BCUT2D eigenvalue weighted by Gasteiger charge is 2.22. The molecule has 1 aliphatic heterocycles. The van der Waals surface area contributed by atoms with E-state index < -0.39 is 0 Å². The van der Waals surface area contributed by atoms with E-state index in [0.29, 0.717) is 27.0 Å². The minimum atomic E-state index is -0.0942. The number of likely N-dealkylation sites (tertiary alicyclic amines) is 1. The number of hydrogen-bond donors (Lipinski definition) is 0. The number of benzene rings is 1. The van der Waals surface area contributed by atoms with Crippen LogP contribution in [0.4, 0.5) is 0 Å². The van der Waals surface area contributed by atoms with Gasteiger partial charge >= 0.3 is 0 Å². The fourth-order valence-corrected chi connectivity index (χ4v) is 4.54. The number of halogens is 1. The first-order valence-electron chi connectivity index (χ1n) is 8.99. The highest BCUT2D eigenvalue weighted by Crippen LogP contribution is 2.24. The smallest absolute Gasteiger partial charge is 0.262 e. The molecular formula is C19H24ClN3O2S. The Morgan fingerprint density at radius 3 is 2.88 bits per heavy atom. The lowest BCUT2D eigenvalue weighted by molar-refractivity contribution is -0.130. The third-order valence-electron chi connectivity index (χ3n) is 4.68. The van der Waals surface area contributed by atoms with E-state index in [1.807, 2.05) is 18.7 Å². The van der Waals surface area contributed by atoms with Crippen LogP contribution in [0.3, 0.4) is 0 Å². The molecule has 7 heteroatoms. The molecule has 2 heterocycles. The lowest BCUT2D eigenvalue weighted by Crippen LogP contribution is -2.40. The molecule has 1 aromatic carbocycles. The summed E-state index contributed by atoms with van der Waals surface area (Å²) in [7, 11) is 0. The Balaban J connectivity index is 1.87. The molecule has 1 amide bonds. The summed E-state index contributed by atoms with van der Waals surface area (Å²) < 4.78 is 1.66. The van der Waals surface area contributed by atoms with Crippen molar-refractivity contribution in [2.45, 2.75) is 44.8 Å². The molecule has 1 atom stereocenters. The highest BCUT2D eigenvalue weighted by atomic mass is 35.5. The van der Waals surface area contributed by atoms with Crippen LogP contribution in [0.2, 0.25) is 5.02 Å². The Morgan fingerprint density at radius 2 is 2.19 bits per heavy atom. The summed E-state index contributed by atoms with van der Waals surface area (Å²) in [5.41, 5.74) is 0.476. The van der Waals surface area contributed by atoms with Crippen LogP contribution >= 0.6 is 23.4 Å². The lowest BCUT2D eigenvalue weighted by Gasteiger charge is -2.31. The monoisotopic (exact) mass is 393 g/mol. The minimum Gasteiger partial charge on any atom is -0.342 e. The van der Waals surface area contributed by atoms with Gasteiger partial charge in [-0.25, -0.2) is 4.98 Å². The largest absolute Gasteiger partial charge is 0.342 e. The quantitative estimate of drug-likeness (QED) is 0.582. The molecule has 1 fully saturated rings. The van der Waals surface area contributed by atoms with Gasteiger partial charge in [-0.2, -0.15) is 0 Å². The third-order valence-corrected chi connectivity index (χ3v) is 5.85. The Kier molecular flexibility index (Phi) is 5.92. The summed E-state index contributed by atoms with van der Waals surface area (Å²) in [6, 6.07) is 5.07. The van der Waals surface area contributed by atoms with E-state index in [4.69, 9.17) is 11.6 Å². The summed E-state index contributed by atoms with van der Waals surface area (Å²) in [5, 5.41) is 1.66. The van der Waals surface area contributed by atoms with Gasteiger partial charge in [0.15, 0.2) is 5.16 Å². The summed E-state index contributed by atoms with van der Waals surface area (Å²) in [6.07, 6.45) is 2.23. The predicted molar refractivity (Wildman–Crippen MR) is 107 cm³/mol. The number of amides is 1. The van der Waals surface area contributed by atoms with Gasteiger partial charge in [0, 0.05) is 24.2 Å². The molecule has 1 aliphatic rings. The third kappa shape index (κ3) is 4.07. The van der Waals surface area contributed by atoms with E-state index in [9.17, 15) is 9.59 Å². The Morgan fingerprint density at radius 1 is 1.42 bits per heavy atom. The van der Waals surface area contributed by atoms with Crippen molar-refractivity contribution in [3.63, 3.8) is 0 Å². The molecule has 26 heavy (non-hydrogen) atoms. The first kappa shape index (κ1) is 19.2. The van der Waals surface area contributed by atoms with Crippen LogP contribution in [-0.2, 0) is 4.79 Å². The fraction of sp³-hybridized carbons (Fsp3) is 0.526. The number of rotatable bonds is 4. The molecule has 2 aromatic rings. The maximum absolute atomic E-state index is 12.9. The molecule has 0 saturated carbocycles. The van der Waals surface area contributed by atoms with Gasteiger partial charge in [-0.15, -0.1) is 0 Å². The molecule has 140 valence electrons. The molecular weight excluding hydrogens is 370 g/mol. The van der Waals surface area contributed by atoms with Gasteiger partial charge in [-0.3, -0.25) is 14.2 Å². The number of carbonyl (C=O) groups is 1. The second-order valence-corrected chi connectivity index (χ2v) is 8.58. The summed E-state index contributed by atoms with van der Waals surface area (Å²) in [5.74, 6) is 0.947. The molecule has 0 bridgehead atoms. The van der Waals surface area contributed by atoms with Crippen molar-refractivity contribution < 1.29 is 4.79 Å². The van der Waals surface area contributed by atoms with Crippen molar-refractivity contribution in [2.75, 3.05) is 18.8 Å². The van der Waals surface area contributed by atoms with Crippen molar-refractivity contribution in [1.29, 1.82) is 0 Å². The predicted octanol–water partition coefficient (Wildman–Crippen LogP) is 3.98. The average molecular weight is 394 g/mol. The first-order valence-corrected chi connectivity index (χ1v) is 10.4.